The summed E-state index contributed by atoms with van der Waals surface area (Å²) in [6.07, 6.45) is 1.73. The van der Waals surface area contributed by atoms with E-state index in [4.69, 9.17) is 9.47 Å². The van der Waals surface area contributed by atoms with E-state index in [1.54, 1.807) is 0 Å². The van der Waals surface area contributed by atoms with Gasteiger partial charge in [-0.15, -0.1) is 0 Å². The zero-order chi connectivity index (χ0) is 28.2. The van der Waals surface area contributed by atoms with Crippen molar-refractivity contribution in [3.8, 4) is 11.5 Å². The number of ether oxygens (including phenoxy) is 2. The van der Waals surface area contributed by atoms with Crippen molar-refractivity contribution < 1.29 is 24.2 Å². The van der Waals surface area contributed by atoms with Crippen LogP contribution in [-0.2, 0) is 35.4 Å². The van der Waals surface area contributed by atoms with Crippen LogP contribution in [-0.4, -0.2) is 40.1 Å². The van der Waals surface area contributed by atoms with Gasteiger partial charge in [0, 0.05) is 19.4 Å². The molecule has 1 atom stereocenters. The third-order valence-corrected chi connectivity index (χ3v) is 6.97. The van der Waals surface area contributed by atoms with Crippen LogP contribution in [0.4, 0.5) is 0 Å². The van der Waals surface area contributed by atoms with Crippen LogP contribution in [0.3, 0.4) is 0 Å². The summed E-state index contributed by atoms with van der Waals surface area (Å²) < 4.78 is 12.0. The number of nitrogens with zero attached hydrogens (tertiary/aromatic N) is 1. The summed E-state index contributed by atoms with van der Waals surface area (Å²) in [5, 5.41) is 9.44. The lowest BCUT2D eigenvalue weighted by Crippen LogP contribution is -2.36. The number of carboxylic acid groups (broad SMARTS) is 1. The number of benzene rings is 3. The van der Waals surface area contributed by atoms with E-state index in [0.29, 0.717) is 5.92 Å². The topological polar surface area (TPSA) is 76.1 Å². The van der Waals surface area contributed by atoms with Crippen molar-refractivity contribution in [1.29, 1.82) is 0 Å². The maximum absolute atomic E-state index is 13.2. The number of hydrogen-bond donors (Lipinski definition) is 1. The molecule has 6 nitrogen and oxygen atoms in total. The van der Waals surface area contributed by atoms with Crippen LogP contribution in [0.15, 0.2) is 66.7 Å². The fraction of sp³-hybridized carbons (Fsp3) is 0.394. The molecule has 0 saturated heterocycles. The molecular formula is C33H39NO5. The van der Waals surface area contributed by atoms with Gasteiger partial charge in [-0.1, -0.05) is 62.4 Å². The summed E-state index contributed by atoms with van der Waals surface area (Å²) >= 11 is 0. The Bertz CT molecular complexity index is 1300. The lowest BCUT2D eigenvalue weighted by molar-refractivity contribution is -0.144. The molecule has 0 aromatic heterocycles. The highest BCUT2D eigenvalue weighted by Gasteiger charge is 2.35. The van der Waals surface area contributed by atoms with Gasteiger partial charge < -0.3 is 19.5 Å². The van der Waals surface area contributed by atoms with E-state index >= 15 is 0 Å². The van der Waals surface area contributed by atoms with E-state index in [1.165, 1.54) is 16.0 Å². The van der Waals surface area contributed by atoms with Crippen molar-refractivity contribution >= 4 is 11.9 Å². The van der Waals surface area contributed by atoms with Crippen molar-refractivity contribution in [2.75, 3.05) is 6.54 Å². The molecule has 206 valence electrons. The Morgan fingerprint density at radius 3 is 2.21 bits per heavy atom. The molecule has 1 amide bonds. The van der Waals surface area contributed by atoms with Gasteiger partial charge in [0.15, 0.2) is 0 Å². The molecule has 6 heteroatoms. The Labute approximate surface area is 231 Å². The fourth-order valence-electron chi connectivity index (χ4n) is 5.08. The Kier molecular flexibility index (Phi) is 8.63. The van der Waals surface area contributed by atoms with Crippen molar-refractivity contribution in [3.05, 3.63) is 94.5 Å². The number of carbonyl (C=O) groups is 2. The number of carboxylic acids is 1. The van der Waals surface area contributed by atoms with Crippen molar-refractivity contribution in [2.45, 2.75) is 78.0 Å². The molecule has 0 spiro atoms. The highest BCUT2D eigenvalue weighted by molar-refractivity contribution is 5.83. The predicted octanol–water partition coefficient (Wildman–Crippen LogP) is 6.19. The van der Waals surface area contributed by atoms with E-state index in [1.807, 2.05) is 56.3 Å². The second-order valence-electron chi connectivity index (χ2n) is 11.4. The average Bonchev–Trinajstić information content (AvgIpc) is 3.19. The van der Waals surface area contributed by atoms with Gasteiger partial charge in [-0.2, -0.15) is 0 Å². The monoisotopic (exact) mass is 529 g/mol. The average molecular weight is 530 g/mol. The first-order valence-electron chi connectivity index (χ1n) is 13.6. The quantitative estimate of drug-likeness (QED) is 0.321. The molecular weight excluding hydrogens is 490 g/mol. The maximum atomic E-state index is 13.2. The highest BCUT2D eigenvalue weighted by atomic mass is 16.5. The zero-order valence-corrected chi connectivity index (χ0v) is 23.6. The Balaban J connectivity index is 1.41. The second kappa shape index (κ2) is 11.9. The van der Waals surface area contributed by atoms with Gasteiger partial charge >= 0.3 is 5.97 Å². The normalized spacial score (nSPS) is 16.2. The largest absolute Gasteiger partial charge is 0.491 e. The van der Waals surface area contributed by atoms with E-state index in [2.05, 4.69) is 45.0 Å². The van der Waals surface area contributed by atoms with Crippen LogP contribution in [0, 0.1) is 0 Å². The van der Waals surface area contributed by atoms with Gasteiger partial charge in [-0.25, -0.2) is 0 Å². The molecule has 39 heavy (non-hydrogen) atoms. The van der Waals surface area contributed by atoms with Crippen molar-refractivity contribution in [2.24, 2.45) is 0 Å². The molecule has 0 radical (unpaired) electrons. The summed E-state index contributed by atoms with van der Waals surface area (Å²) in [5.41, 5.74) is 4.97. The van der Waals surface area contributed by atoms with E-state index in [-0.39, 0.29) is 37.1 Å². The first-order valence-corrected chi connectivity index (χ1v) is 13.6. The van der Waals surface area contributed by atoms with Gasteiger partial charge in [-0.3, -0.25) is 9.59 Å². The minimum atomic E-state index is -1.04. The lowest BCUT2D eigenvalue weighted by Gasteiger charge is -2.24. The molecule has 1 aliphatic rings. The standard InChI is InChI=1S/C33H39NO5/c1-22(2)27-11-6-24(7-12-27)18-33(5)19-28-16-26(10-15-30(28)39-33)17-31(35)34(21-32(36)37)20-25-8-13-29(14-9-25)38-23(3)4/h6-16,22-23H,17-21H2,1-5H3,(H,36,37). The Morgan fingerprint density at radius 1 is 0.949 bits per heavy atom. The molecule has 1 N–H and O–H groups in total. The molecule has 0 aliphatic carbocycles. The van der Waals surface area contributed by atoms with E-state index < -0.39 is 5.97 Å². The van der Waals surface area contributed by atoms with Gasteiger partial charge in [0.05, 0.1) is 12.5 Å². The molecule has 1 heterocycles. The number of aliphatic carboxylic acids is 1. The molecule has 1 aliphatic heterocycles. The highest BCUT2D eigenvalue weighted by Crippen LogP contribution is 2.37. The third-order valence-electron chi connectivity index (χ3n) is 6.97. The van der Waals surface area contributed by atoms with Gasteiger partial charge in [0.2, 0.25) is 5.91 Å². The molecule has 3 aromatic carbocycles. The SMILES string of the molecule is CC(C)Oc1ccc(CN(CC(=O)O)C(=O)Cc2ccc3c(c2)CC(C)(Cc2ccc(C(C)C)cc2)O3)cc1. The number of carbonyl (C=O) groups excluding carboxylic acids is 1. The van der Waals surface area contributed by atoms with Crippen LogP contribution >= 0.6 is 0 Å². The first-order chi connectivity index (χ1) is 18.5. The second-order valence-corrected chi connectivity index (χ2v) is 11.4. The van der Waals surface area contributed by atoms with E-state index in [0.717, 1.165) is 41.0 Å². The minimum absolute atomic E-state index is 0.0628. The molecule has 0 saturated carbocycles. The Morgan fingerprint density at radius 2 is 1.59 bits per heavy atom. The molecule has 3 aromatic rings. The number of hydrogen-bond acceptors (Lipinski definition) is 4. The van der Waals surface area contributed by atoms with Gasteiger partial charge in [0.25, 0.3) is 0 Å². The van der Waals surface area contributed by atoms with E-state index in [9.17, 15) is 14.7 Å². The summed E-state index contributed by atoms with van der Waals surface area (Å²) in [6, 6.07) is 22.0. The smallest absolute Gasteiger partial charge is 0.323 e. The zero-order valence-electron chi connectivity index (χ0n) is 23.6. The van der Waals surface area contributed by atoms with Crippen LogP contribution in [0.5, 0.6) is 11.5 Å². The lowest BCUT2D eigenvalue weighted by atomic mass is 9.90. The molecule has 0 bridgehead atoms. The number of amides is 1. The molecule has 4 rings (SSSR count). The summed E-state index contributed by atoms with van der Waals surface area (Å²) in [5.74, 6) is 0.817. The molecule has 1 unspecified atom stereocenters. The molecule has 0 fully saturated rings. The van der Waals surface area contributed by atoms with Crippen molar-refractivity contribution in [3.63, 3.8) is 0 Å². The summed E-state index contributed by atoms with van der Waals surface area (Å²) in [6.45, 7) is 10.3. The number of rotatable bonds is 11. The third kappa shape index (κ3) is 7.62. The maximum Gasteiger partial charge on any atom is 0.323 e. The van der Waals surface area contributed by atoms with Crippen LogP contribution in [0.1, 0.15) is 68.4 Å². The van der Waals surface area contributed by atoms with Gasteiger partial charge in [0.1, 0.15) is 23.6 Å². The fourth-order valence-corrected chi connectivity index (χ4v) is 5.08. The summed E-state index contributed by atoms with van der Waals surface area (Å²) in [7, 11) is 0. The Hall–Kier alpha value is -3.80. The first kappa shape index (κ1) is 28.2. The minimum Gasteiger partial charge on any atom is -0.491 e. The van der Waals surface area contributed by atoms with Crippen LogP contribution in [0.25, 0.3) is 0 Å². The van der Waals surface area contributed by atoms with Gasteiger partial charge in [-0.05, 0) is 72.7 Å². The van der Waals surface area contributed by atoms with Crippen LogP contribution < -0.4 is 9.47 Å². The summed E-state index contributed by atoms with van der Waals surface area (Å²) in [4.78, 5) is 26.1. The van der Waals surface area contributed by atoms with Crippen molar-refractivity contribution in [1.82, 2.24) is 4.90 Å². The van der Waals surface area contributed by atoms with Crippen LogP contribution in [0.2, 0.25) is 0 Å². The number of fused-ring (bicyclic) bond motifs is 1. The predicted molar refractivity (Wildman–Crippen MR) is 152 cm³/mol.